The van der Waals surface area contributed by atoms with E-state index < -0.39 is 69.5 Å². The van der Waals surface area contributed by atoms with E-state index >= 15 is 0 Å². The summed E-state index contributed by atoms with van der Waals surface area (Å²) in [6.07, 6.45) is -4.85. The van der Waals surface area contributed by atoms with Gasteiger partial charge in [-0.05, 0) is 54.1 Å². The maximum absolute atomic E-state index is 14.1. The van der Waals surface area contributed by atoms with Gasteiger partial charge in [-0.1, -0.05) is 41.3 Å². The molecule has 3 atom stereocenters. The number of ether oxygens (including phenoxy) is 2. The molecule has 6 rings (SSSR count). The molecule has 1 saturated heterocycles. The number of hydrogen-bond acceptors (Lipinski definition) is 8. The zero-order valence-corrected chi connectivity index (χ0v) is 25.6. The van der Waals surface area contributed by atoms with E-state index in [1.165, 1.54) is 38.5 Å². The number of aromatic nitrogens is 1. The number of nitrogens with zero attached hydrogens (tertiary/aromatic N) is 2. The Bertz CT molecular complexity index is 1920. The second-order valence-electron chi connectivity index (χ2n) is 10.4. The van der Waals surface area contributed by atoms with Crippen molar-refractivity contribution in [2.75, 3.05) is 24.4 Å². The van der Waals surface area contributed by atoms with Crippen LogP contribution in [0.15, 0.2) is 76.6 Å². The van der Waals surface area contributed by atoms with Crippen molar-refractivity contribution in [2.24, 2.45) is 5.92 Å². The van der Waals surface area contributed by atoms with Crippen LogP contribution >= 0.6 is 23.1 Å². The van der Waals surface area contributed by atoms with Crippen LogP contribution in [-0.4, -0.2) is 41.8 Å². The quantitative estimate of drug-likeness (QED) is 0.204. The lowest BCUT2D eigenvalue weighted by molar-refractivity contribution is -0.137. The van der Waals surface area contributed by atoms with Crippen molar-refractivity contribution in [1.29, 1.82) is 0 Å². The fraction of sp³-hybridized carbons (Fsp3) is 0.226. The van der Waals surface area contributed by atoms with Gasteiger partial charge in [0, 0.05) is 16.5 Å². The van der Waals surface area contributed by atoms with Crippen LogP contribution < -0.4 is 24.6 Å². The standard InChI is InChI=1S/C31H23F4N3O6S2/c1-43-20-12-7-15(13-21(20)44-2)23-24-25(28(41)38(27(24)40)19-6-4-3-5-18(19)31(33,34)35)45-29-26(23)46-30(42)37(29)14-22(39)36-17-10-8-16(32)9-11-17/h3-13,23-25H,14H2,1-2H3,(H,36,39). The number of benzene rings is 3. The van der Waals surface area contributed by atoms with E-state index in [1.807, 2.05) is 0 Å². The number of rotatable bonds is 7. The molecule has 3 aromatic carbocycles. The van der Waals surface area contributed by atoms with Crippen LogP contribution in [0.2, 0.25) is 0 Å². The van der Waals surface area contributed by atoms with E-state index in [1.54, 1.807) is 18.2 Å². The van der Waals surface area contributed by atoms with Crippen molar-refractivity contribution >= 4 is 52.2 Å². The number of hydrogen-bond donors (Lipinski definition) is 1. The summed E-state index contributed by atoms with van der Waals surface area (Å²) in [4.78, 5) is 54.7. The van der Waals surface area contributed by atoms with Gasteiger partial charge in [0.1, 0.15) is 17.6 Å². The first-order chi connectivity index (χ1) is 21.9. The summed E-state index contributed by atoms with van der Waals surface area (Å²) in [6.45, 7) is -0.478. The van der Waals surface area contributed by atoms with Crippen molar-refractivity contribution < 1.29 is 41.4 Å². The number of carbonyl (C=O) groups is 3. The highest BCUT2D eigenvalue weighted by Gasteiger charge is 2.58. The largest absolute Gasteiger partial charge is 0.493 e. The Balaban J connectivity index is 1.46. The fourth-order valence-electron chi connectivity index (χ4n) is 5.68. The Morgan fingerprint density at radius 3 is 2.30 bits per heavy atom. The highest BCUT2D eigenvalue weighted by Crippen LogP contribution is 2.55. The number of thioether (sulfide) groups is 1. The molecule has 1 fully saturated rings. The number of methoxy groups -OCH3 is 2. The maximum Gasteiger partial charge on any atom is 0.418 e. The van der Waals surface area contributed by atoms with E-state index in [2.05, 4.69) is 5.32 Å². The van der Waals surface area contributed by atoms with Gasteiger partial charge in [0.2, 0.25) is 17.7 Å². The molecule has 9 nitrogen and oxygen atoms in total. The minimum atomic E-state index is -4.85. The molecule has 3 heterocycles. The number of para-hydroxylation sites is 1. The van der Waals surface area contributed by atoms with Gasteiger partial charge >= 0.3 is 11.0 Å². The van der Waals surface area contributed by atoms with Crippen LogP contribution in [0, 0.1) is 11.7 Å². The Kier molecular flexibility index (Phi) is 8.14. The Labute approximate surface area is 266 Å². The molecule has 0 radical (unpaired) electrons. The van der Waals surface area contributed by atoms with E-state index in [-0.39, 0.29) is 16.5 Å². The van der Waals surface area contributed by atoms with Crippen LogP contribution in [0.3, 0.4) is 0 Å². The smallest absolute Gasteiger partial charge is 0.418 e. The third-order valence-electron chi connectivity index (χ3n) is 7.70. The van der Waals surface area contributed by atoms with Gasteiger partial charge < -0.3 is 14.8 Å². The SMILES string of the molecule is COc1ccc(C2c3sc(=O)n(CC(=O)Nc4ccc(F)cc4)c3SC3C(=O)N(c4ccccc4C(F)(F)F)C(=O)C32)cc1OC. The lowest BCUT2D eigenvalue weighted by atomic mass is 9.83. The van der Waals surface area contributed by atoms with Gasteiger partial charge in [0.05, 0.1) is 36.4 Å². The van der Waals surface area contributed by atoms with Crippen molar-refractivity contribution in [1.82, 2.24) is 4.57 Å². The molecule has 0 spiro atoms. The summed E-state index contributed by atoms with van der Waals surface area (Å²) in [7, 11) is 2.84. The molecular formula is C31H23F4N3O6S2. The summed E-state index contributed by atoms with van der Waals surface area (Å²) in [5.41, 5.74) is -1.00. The molecule has 0 aliphatic carbocycles. The lowest BCUT2D eigenvalue weighted by Crippen LogP contribution is -2.33. The fourth-order valence-corrected chi connectivity index (χ4v) is 8.46. The van der Waals surface area contributed by atoms with Crippen molar-refractivity contribution in [3.8, 4) is 11.5 Å². The van der Waals surface area contributed by atoms with Crippen molar-refractivity contribution in [2.45, 2.75) is 28.9 Å². The second-order valence-corrected chi connectivity index (χ2v) is 12.5. The highest BCUT2D eigenvalue weighted by atomic mass is 32.2. The molecule has 46 heavy (non-hydrogen) atoms. The van der Waals surface area contributed by atoms with Gasteiger partial charge in [0.15, 0.2) is 11.5 Å². The van der Waals surface area contributed by atoms with Gasteiger partial charge in [-0.3, -0.25) is 23.7 Å². The number of anilines is 2. The topological polar surface area (TPSA) is 107 Å². The number of fused-ring (bicyclic) bond motifs is 2. The van der Waals surface area contributed by atoms with Gasteiger partial charge in [-0.15, -0.1) is 0 Å². The van der Waals surface area contributed by atoms with Crippen LogP contribution in [0.1, 0.15) is 21.9 Å². The average molecular weight is 674 g/mol. The zero-order valence-electron chi connectivity index (χ0n) is 24.0. The van der Waals surface area contributed by atoms with E-state index in [9.17, 15) is 36.7 Å². The van der Waals surface area contributed by atoms with Crippen LogP contribution in [0.25, 0.3) is 0 Å². The minimum absolute atomic E-state index is 0.234. The lowest BCUT2D eigenvalue weighted by Gasteiger charge is -2.31. The van der Waals surface area contributed by atoms with E-state index in [0.29, 0.717) is 21.1 Å². The zero-order chi connectivity index (χ0) is 32.9. The number of thiazole rings is 1. The molecule has 15 heteroatoms. The molecule has 3 amide bonds. The maximum atomic E-state index is 14.1. The third-order valence-corrected chi connectivity index (χ3v) is 10.3. The summed E-state index contributed by atoms with van der Waals surface area (Å²) < 4.78 is 67.3. The molecule has 3 unspecified atom stereocenters. The molecule has 2 aliphatic heterocycles. The molecule has 0 bridgehead atoms. The number of halogens is 4. The predicted octanol–water partition coefficient (Wildman–Crippen LogP) is 5.52. The molecular weight excluding hydrogens is 650 g/mol. The average Bonchev–Trinajstić information content (AvgIpc) is 3.47. The Morgan fingerprint density at radius 1 is 0.935 bits per heavy atom. The van der Waals surface area contributed by atoms with Gasteiger partial charge in [0.25, 0.3) is 0 Å². The molecule has 1 aromatic heterocycles. The predicted molar refractivity (Wildman–Crippen MR) is 162 cm³/mol. The Hall–Kier alpha value is -4.63. The van der Waals surface area contributed by atoms with E-state index in [0.717, 1.165) is 51.9 Å². The van der Waals surface area contributed by atoms with E-state index in [4.69, 9.17) is 9.47 Å². The minimum Gasteiger partial charge on any atom is -0.493 e. The van der Waals surface area contributed by atoms with Gasteiger partial charge in [-0.25, -0.2) is 9.29 Å². The van der Waals surface area contributed by atoms with Crippen molar-refractivity contribution in [3.63, 3.8) is 0 Å². The normalized spacial score (nSPS) is 19.1. The van der Waals surface area contributed by atoms with Crippen LogP contribution in [0.4, 0.5) is 28.9 Å². The molecule has 0 saturated carbocycles. The van der Waals surface area contributed by atoms with Crippen molar-refractivity contribution in [3.05, 3.63) is 98.2 Å². The van der Waals surface area contributed by atoms with Crippen LogP contribution in [0.5, 0.6) is 11.5 Å². The molecule has 238 valence electrons. The summed E-state index contributed by atoms with van der Waals surface area (Å²) in [5, 5.41) is 1.60. The first-order valence-electron chi connectivity index (χ1n) is 13.6. The molecule has 4 aromatic rings. The highest BCUT2D eigenvalue weighted by molar-refractivity contribution is 8.00. The first-order valence-corrected chi connectivity index (χ1v) is 15.3. The number of nitrogens with one attached hydrogen (secondary N) is 1. The number of amides is 3. The first kappa shape index (κ1) is 31.4. The van der Waals surface area contributed by atoms with Crippen LogP contribution in [-0.2, 0) is 27.1 Å². The second kappa shape index (κ2) is 11.9. The third kappa shape index (κ3) is 5.42. The number of imide groups is 1. The Morgan fingerprint density at radius 2 is 1.63 bits per heavy atom. The number of carbonyl (C=O) groups excluding carboxylic acids is 3. The molecule has 2 aliphatic rings. The number of alkyl halides is 3. The monoisotopic (exact) mass is 673 g/mol. The van der Waals surface area contributed by atoms with Gasteiger partial charge in [-0.2, -0.15) is 13.2 Å². The summed E-state index contributed by atoms with van der Waals surface area (Å²) in [5.74, 6) is -4.35. The summed E-state index contributed by atoms with van der Waals surface area (Å²) >= 11 is 1.63. The summed E-state index contributed by atoms with van der Waals surface area (Å²) in [6, 6.07) is 14.1. The molecule has 1 N–H and O–H groups in total.